The van der Waals surface area contributed by atoms with Gasteiger partial charge in [0, 0.05) is 23.3 Å². The van der Waals surface area contributed by atoms with Crippen molar-refractivity contribution in [2.75, 3.05) is 5.32 Å². The number of rotatable bonds is 6. The quantitative estimate of drug-likeness (QED) is 0.402. The number of pyridine rings is 1. The zero-order chi connectivity index (χ0) is 22.0. The minimum Gasteiger partial charge on any atom is -0.478 e. The summed E-state index contributed by atoms with van der Waals surface area (Å²) in [6.45, 7) is 2.42. The molecule has 3 aromatic carbocycles. The van der Waals surface area contributed by atoms with Crippen LogP contribution in [0.15, 0.2) is 72.8 Å². The standard InChI is InChI=1S/C25H20N2O4/c1-15-12-23(21-13-18(24(28)29)10-11-22(21)27-15)26-14-16-6-8-17(9-7-16)19-4-2-3-5-20(19)25(30)31/h2-13H,14H2,1H3,(H,26,27)(H,28,29)(H,30,31). The Morgan fingerprint density at radius 3 is 2.35 bits per heavy atom. The molecule has 3 N–H and O–H groups in total. The average molecular weight is 412 g/mol. The van der Waals surface area contributed by atoms with E-state index in [-0.39, 0.29) is 11.1 Å². The van der Waals surface area contributed by atoms with Gasteiger partial charge in [0.15, 0.2) is 0 Å². The van der Waals surface area contributed by atoms with Crippen LogP contribution in [0.4, 0.5) is 5.69 Å². The lowest BCUT2D eigenvalue weighted by Gasteiger charge is -2.12. The van der Waals surface area contributed by atoms with Crippen molar-refractivity contribution >= 4 is 28.5 Å². The molecule has 0 aliphatic rings. The van der Waals surface area contributed by atoms with Crippen LogP contribution in [0.5, 0.6) is 0 Å². The van der Waals surface area contributed by atoms with Gasteiger partial charge in [0.2, 0.25) is 0 Å². The van der Waals surface area contributed by atoms with Crippen molar-refractivity contribution < 1.29 is 19.8 Å². The molecular formula is C25H20N2O4. The lowest BCUT2D eigenvalue weighted by Crippen LogP contribution is -2.03. The number of aromatic nitrogens is 1. The smallest absolute Gasteiger partial charge is 0.336 e. The van der Waals surface area contributed by atoms with Gasteiger partial charge in [0.1, 0.15) is 0 Å². The lowest BCUT2D eigenvalue weighted by atomic mass is 9.99. The van der Waals surface area contributed by atoms with E-state index < -0.39 is 11.9 Å². The summed E-state index contributed by atoms with van der Waals surface area (Å²) in [5.41, 5.74) is 5.36. The molecule has 0 unspecified atom stereocenters. The predicted molar refractivity (Wildman–Crippen MR) is 120 cm³/mol. The Kier molecular flexibility index (Phi) is 5.37. The molecule has 6 nitrogen and oxygen atoms in total. The second kappa shape index (κ2) is 8.28. The summed E-state index contributed by atoms with van der Waals surface area (Å²) in [6.07, 6.45) is 0. The fourth-order valence-electron chi connectivity index (χ4n) is 3.56. The minimum absolute atomic E-state index is 0.211. The molecule has 0 radical (unpaired) electrons. The maximum absolute atomic E-state index is 11.5. The Labute approximate surface area is 178 Å². The molecule has 154 valence electrons. The Morgan fingerprint density at radius 2 is 1.65 bits per heavy atom. The number of carboxylic acid groups (broad SMARTS) is 2. The highest BCUT2D eigenvalue weighted by Gasteiger charge is 2.11. The molecule has 0 saturated heterocycles. The van der Waals surface area contributed by atoms with E-state index in [1.807, 2.05) is 43.3 Å². The number of carboxylic acids is 2. The zero-order valence-electron chi connectivity index (χ0n) is 16.8. The van der Waals surface area contributed by atoms with Crippen LogP contribution < -0.4 is 5.32 Å². The number of nitrogens with zero attached hydrogens (tertiary/aromatic N) is 1. The fourth-order valence-corrected chi connectivity index (χ4v) is 3.56. The van der Waals surface area contributed by atoms with Crippen LogP contribution in [0.1, 0.15) is 32.0 Å². The summed E-state index contributed by atoms with van der Waals surface area (Å²) in [5.74, 6) is -1.94. The molecule has 1 heterocycles. The van der Waals surface area contributed by atoms with Crippen molar-refractivity contribution in [3.05, 3.63) is 95.2 Å². The van der Waals surface area contributed by atoms with E-state index in [4.69, 9.17) is 0 Å². The van der Waals surface area contributed by atoms with Crippen molar-refractivity contribution in [1.29, 1.82) is 0 Å². The van der Waals surface area contributed by atoms with Crippen molar-refractivity contribution in [1.82, 2.24) is 4.98 Å². The Balaban J connectivity index is 1.59. The summed E-state index contributed by atoms with van der Waals surface area (Å²) in [4.78, 5) is 27.3. The summed E-state index contributed by atoms with van der Waals surface area (Å²) >= 11 is 0. The van der Waals surface area contributed by atoms with Gasteiger partial charge < -0.3 is 15.5 Å². The molecule has 0 atom stereocenters. The largest absolute Gasteiger partial charge is 0.478 e. The van der Waals surface area contributed by atoms with Gasteiger partial charge in [-0.05, 0) is 53.9 Å². The summed E-state index contributed by atoms with van der Waals surface area (Å²) in [5, 5.41) is 22.8. The van der Waals surface area contributed by atoms with Gasteiger partial charge in [-0.25, -0.2) is 9.59 Å². The number of benzene rings is 3. The summed E-state index contributed by atoms with van der Waals surface area (Å²) in [6, 6.07) is 21.4. The SMILES string of the molecule is Cc1cc(NCc2ccc(-c3ccccc3C(=O)O)cc2)c2cc(C(=O)O)ccc2n1. The molecule has 0 amide bonds. The molecule has 0 saturated carbocycles. The number of aromatic carboxylic acids is 2. The van der Waals surface area contributed by atoms with Crippen molar-refractivity contribution in [2.45, 2.75) is 13.5 Å². The maximum Gasteiger partial charge on any atom is 0.336 e. The summed E-state index contributed by atoms with van der Waals surface area (Å²) < 4.78 is 0. The van der Waals surface area contributed by atoms with E-state index in [0.29, 0.717) is 12.1 Å². The van der Waals surface area contributed by atoms with Gasteiger partial charge in [0.25, 0.3) is 0 Å². The van der Waals surface area contributed by atoms with Crippen LogP contribution in [-0.4, -0.2) is 27.1 Å². The third-order valence-corrected chi connectivity index (χ3v) is 5.09. The predicted octanol–water partition coefficient (Wildman–Crippen LogP) is 5.22. The molecule has 31 heavy (non-hydrogen) atoms. The number of hydrogen-bond donors (Lipinski definition) is 3. The molecule has 4 aromatic rings. The first-order chi connectivity index (χ1) is 14.9. The van der Waals surface area contributed by atoms with Crippen molar-refractivity contribution in [3.8, 4) is 11.1 Å². The Morgan fingerprint density at radius 1 is 0.903 bits per heavy atom. The van der Waals surface area contributed by atoms with E-state index in [9.17, 15) is 19.8 Å². The molecule has 0 fully saturated rings. The van der Waals surface area contributed by atoms with Crippen LogP contribution in [0, 0.1) is 6.92 Å². The number of nitrogens with one attached hydrogen (secondary N) is 1. The topological polar surface area (TPSA) is 99.5 Å². The normalized spacial score (nSPS) is 10.7. The van der Waals surface area contributed by atoms with Crippen LogP contribution in [0.2, 0.25) is 0 Å². The van der Waals surface area contributed by atoms with Crippen LogP contribution in [0.3, 0.4) is 0 Å². The minimum atomic E-state index is -0.981. The monoisotopic (exact) mass is 412 g/mol. The Bertz CT molecular complexity index is 1300. The van der Waals surface area contributed by atoms with Gasteiger partial charge in [0.05, 0.1) is 16.6 Å². The zero-order valence-corrected chi connectivity index (χ0v) is 16.8. The second-order valence-corrected chi connectivity index (χ2v) is 7.25. The third-order valence-electron chi connectivity index (χ3n) is 5.09. The highest BCUT2D eigenvalue weighted by Crippen LogP contribution is 2.27. The first-order valence-electron chi connectivity index (χ1n) is 9.72. The summed E-state index contributed by atoms with van der Waals surface area (Å²) in [7, 11) is 0. The van der Waals surface area contributed by atoms with Gasteiger partial charge in [-0.2, -0.15) is 0 Å². The molecule has 0 aliphatic carbocycles. The highest BCUT2D eigenvalue weighted by atomic mass is 16.4. The maximum atomic E-state index is 11.5. The van der Waals surface area contributed by atoms with Gasteiger partial charge in [-0.3, -0.25) is 4.98 Å². The van der Waals surface area contributed by atoms with Crippen LogP contribution in [-0.2, 0) is 6.54 Å². The third kappa shape index (κ3) is 4.23. The second-order valence-electron chi connectivity index (χ2n) is 7.25. The van der Waals surface area contributed by atoms with Crippen LogP contribution >= 0.6 is 0 Å². The molecule has 4 rings (SSSR count). The molecule has 0 aliphatic heterocycles. The Hall–Kier alpha value is -4.19. The van der Waals surface area contributed by atoms with E-state index in [0.717, 1.165) is 33.4 Å². The number of carbonyl (C=O) groups is 2. The first-order valence-corrected chi connectivity index (χ1v) is 9.72. The van der Waals surface area contributed by atoms with E-state index >= 15 is 0 Å². The van der Waals surface area contributed by atoms with Gasteiger partial charge in [-0.1, -0.05) is 42.5 Å². The van der Waals surface area contributed by atoms with E-state index in [2.05, 4.69) is 10.3 Å². The molecule has 0 spiro atoms. The lowest BCUT2D eigenvalue weighted by molar-refractivity contribution is 0.0686. The average Bonchev–Trinajstić information content (AvgIpc) is 2.77. The molecule has 6 heteroatoms. The van der Waals surface area contributed by atoms with Crippen LogP contribution in [0.25, 0.3) is 22.0 Å². The van der Waals surface area contributed by atoms with Crippen molar-refractivity contribution in [3.63, 3.8) is 0 Å². The van der Waals surface area contributed by atoms with Gasteiger partial charge >= 0.3 is 11.9 Å². The highest BCUT2D eigenvalue weighted by molar-refractivity contribution is 5.98. The number of aryl methyl sites for hydroxylation is 1. The number of anilines is 1. The number of hydrogen-bond acceptors (Lipinski definition) is 4. The van der Waals surface area contributed by atoms with Gasteiger partial charge in [-0.15, -0.1) is 0 Å². The molecule has 0 bridgehead atoms. The number of fused-ring (bicyclic) bond motifs is 1. The van der Waals surface area contributed by atoms with E-state index in [1.165, 1.54) is 0 Å². The first kappa shape index (κ1) is 20.1. The van der Waals surface area contributed by atoms with E-state index in [1.54, 1.807) is 36.4 Å². The molecule has 1 aromatic heterocycles. The fraction of sp³-hybridized carbons (Fsp3) is 0.0800. The van der Waals surface area contributed by atoms with Crippen molar-refractivity contribution in [2.24, 2.45) is 0 Å². The molecular weight excluding hydrogens is 392 g/mol.